The van der Waals surface area contributed by atoms with Crippen molar-refractivity contribution in [1.29, 1.82) is 0 Å². The number of hydrogen-bond acceptors (Lipinski definition) is 5. The fraction of sp³-hybridized carbons (Fsp3) is 0.250. The van der Waals surface area contributed by atoms with Crippen LogP contribution in [0.1, 0.15) is 47.4 Å². The number of imidazole rings is 1. The molecule has 0 amide bonds. The number of methoxy groups -OCH3 is 1. The van der Waals surface area contributed by atoms with Gasteiger partial charge in [0, 0.05) is 24.2 Å². The Kier molecular flexibility index (Phi) is 5.45. The topological polar surface area (TPSA) is 70.7 Å². The Balaban J connectivity index is 1.42. The minimum atomic E-state index is -0.461. The molecule has 0 spiro atoms. The summed E-state index contributed by atoms with van der Waals surface area (Å²) >= 11 is 0. The van der Waals surface area contributed by atoms with E-state index in [1.807, 2.05) is 29.8 Å². The summed E-state index contributed by atoms with van der Waals surface area (Å²) in [5.41, 5.74) is 2.67. The fourth-order valence-electron chi connectivity index (χ4n) is 4.12. The van der Waals surface area contributed by atoms with Crippen molar-refractivity contribution in [2.24, 2.45) is 0 Å². The fourth-order valence-corrected chi connectivity index (χ4v) is 4.12. The van der Waals surface area contributed by atoms with Crippen molar-refractivity contribution in [1.82, 2.24) is 29.3 Å². The molecule has 1 aromatic carbocycles. The lowest BCUT2D eigenvalue weighted by atomic mass is 9.91. The molecule has 4 heterocycles. The Morgan fingerprint density at radius 2 is 2.00 bits per heavy atom. The van der Waals surface area contributed by atoms with Gasteiger partial charge in [0.05, 0.1) is 24.8 Å². The van der Waals surface area contributed by atoms with Crippen LogP contribution in [0.25, 0.3) is 17.8 Å². The monoisotopic (exact) mass is 448 g/mol. The SMILES string of the molecule is COc1nc(C=Cc2nc3n(n2)CCCC3c2cc(F)ccc2F)ccc1-n1cnc(C)c1. The molecule has 0 radical (unpaired) electrons. The van der Waals surface area contributed by atoms with Gasteiger partial charge in [0.2, 0.25) is 5.88 Å². The molecule has 0 N–H and O–H groups in total. The van der Waals surface area contributed by atoms with E-state index in [2.05, 4.69) is 20.1 Å². The van der Waals surface area contributed by atoms with Gasteiger partial charge in [-0.2, -0.15) is 5.10 Å². The minimum absolute atomic E-state index is 0.315. The molecule has 0 aliphatic carbocycles. The summed E-state index contributed by atoms with van der Waals surface area (Å²) in [6.45, 7) is 2.60. The zero-order chi connectivity index (χ0) is 22.9. The Labute approximate surface area is 189 Å². The Morgan fingerprint density at radius 3 is 2.79 bits per heavy atom. The van der Waals surface area contributed by atoms with Crippen molar-refractivity contribution >= 4 is 12.2 Å². The van der Waals surface area contributed by atoms with Crippen LogP contribution in [0.15, 0.2) is 42.9 Å². The normalized spacial score (nSPS) is 15.7. The molecule has 1 aliphatic heterocycles. The maximum absolute atomic E-state index is 14.4. The summed E-state index contributed by atoms with van der Waals surface area (Å²) in [7, 11) is 1.57. The van der Waals surface area contributed by atoms with E-state index in [1.54, 1.807) is 30.3 Å². The Bertz CT molecular complexity index is 1340. The van der Waals surface area contributed by atoms with Crippen molar-refractivity contribution in [2.75, 3.05) is 7.11 Å². The molecular weight excluding hydrogens is 426 g/mol. The quantitative estimate of drug-likeness (QED) is 0.448. The number of ether oxygens (including phenoxy) is 1. The van der Waals surface area contributed by atoms with Crippen molar-refractivity contribution in [3.05, 3.63) is 83.1 Å². The number of benzene rings is 1. The summed E-state index contributed by atoms with van der Waals surface area (Å²) in [6.07, 6.45) is 8.66. The molecule has 1 unspecified atom stereocenters. The molecule has 5 rings (SSSR count). The number of hydrogen-bond donors (Lipinski definition) is 0. The molecule has 0 bridgehead atoms. The first-order chi connectivity index (χ1) is 16.0. The second kappa shape index (κ2) is 8.57. The minimum Gasteiger partial charge on any atom is -0.479 e. The maximum Gasteiger partial charge on any atom is 0.238 e. The molecule has 1 atom stereocenters. The molecule has 4 aromatic rings. The molecular formula is C24H22F2N6O. The first-order valence-corrected chi connectivity index (χ1v) is 10.7. The molecule has 1 aliphatic rings. The molecule has 9 heteroatoms. The number of pyridine rings is 1. The summed E-state index contributed by atoms with van der Waals surface area (Å²) < 4.78 is 37.2. The van der Waals surface area contributed by atoms with Crippen molar-refractivity contribution in [2.45, 2.75) is 32.2 Å². The average molecular weight is 448 g/mol. The second-order valence-electron chi connectivity index (χ2n) is 7.93. The summed E-state index contributed by atoms with van der Waals surface area (Å²) in [4.78, 5) is 13.4. The molecule has 33 heavy (non-hydrogen) atoms. The first kappa shape index (κ1) is 21.0. The van der Waals surface area contributed by atoms with Gasteiger partial charge < -0.3 is 9.30 Å². The predicted octanol–water partition coefficient (Wildman–Crippen LogP) is 4.55. The number of halogens is 2. The summed E-state index contributed by atoms with van der Waals surface area (Å²) in [5, 5.41) is 4.54. The van der Waals surface area contributed by atoms with Crippen LogP contribution in [0.3, 0.4) is 0 Å². The number of nitrogens with zero attached hydrogens (tertiary/aromatic N) is 6. The van der Waals surface area contributed by atoms with Gasteiger partial charge in [-0.25, -0.2) is 28.4 Å². The number of fused-ring (bicyclic) bond motifs is 1. The predicted molar refractivity (Wildman–Crippen MR) is 119 cm³/mol. The molecule has 168 valence electrons. The van der Waals surface area contributed by atoms with Crippen LogP contribution in [-0.4, -0.2) is 36.4 Å². The maximum atomic E-state index is 14.4. The van der Waals surface area contributed by atoms with Crippen LogP contribution in [0.4, 0.5) is 8.78 Å². The molecule has 0 fully saturated rings. The smallest absolute Gasteiger partial charge is 0.238 e. The molecule has 3 aromatic heterocycles. The van der Waals surface area contributed by atoms with E-state index >= 15 is 0 Å². The molecule has 7 nitrogen and oxygen atoms in total. The van der Waals surface area contributed by atoms with E-state index in [0.717, 1.165) is 29.9 Å². The Morgan fingerprint density at radius 1 is 1.12 bits per heavy atom. The van der Waals surface area contributed by atoms with Gasteiger partial charge in [-0.1, -0.05) is 0 Å². The van der Waals surface area contributed by atoms with Crippen LogP contribution < -0.4 is 4.74 Å². The van der Waals surface area contributed by atoms with Gasteiger partial charge in [-0.3, -0.25) is 0 Å². The Hall–Kier alpha value is -3.88. The standard InChI is InChI=1S/C24H22F2N6O/c1-15-13-31(14-27-15)21-9-6-17(28-24(21)33-2)7-10-22-29-23-18(4-3-11-32(23)30-22)19-12-16(25)5-8-20(19)26/h5-10,12-14,18H,3-4,11H2,1-2H3. The van der Waals surface area contributed by atoms with Gasteiger partial charge in [-0.05, 0) is 62.2 Å². The van der Waals surface area contributed by atoms with Crippen LogP contribution in [0.5, 0.6) is 5.88 Å². The molecule has 0 saturated carbocycles. The third-order valence-corrected chi connectivity index (χ3v) is 5.67. The van der Waals surface area contributed by atoms with E-state index in [0.29, 0.717) is 41.8 Å². The van der Waals surface area contributed by atoms with E-state index in [9.17, 15) is 8.78 Å². The zero-order valence-corrected chi connectivity index (χ0v) is 18.2. The number of aryl methyl sites for hydroxylation is 2. The highest BCUT2D eigenvalue weighted by Gasteiger charge is 2.27. The van der Waals surface area contributed by atoms with E-state index in [1.165, 1.54) is 6.07 Å². The van der Waals surface area contributed by atoms with Gasteiger partial charge in [-0.15, -0.1) is 0 Å². The largest absolute Gasteiger partial charge is 0.479 e. The number of rotatable bonds is 5. The lowest BCUT2D eigenvalue weighted by Gasteiger charge is -2.22. The first-order valence-electron chi connectivity index (χ1n) is 10.7. The van der Waals surface area contributed by atoms with Crippen molar-refractivity contribution in [3.8, 4) is 11.6 Å². The van der Waals surface area contributed by atoms with E-state index < -0.39 is 11.6 Å². The van der Waals surface area contributed by atoms with Gasteiger partial charge >= 0.3 is 0 Å². The second-order valence-corrected chi connectivity index (χ2v) is 7.93. The lowest BCUT2D eigenvalue weighted by molar-refractivity contribution is 0.395. The zero-order valence-electron chi connectivity index (χ0n) is 18.2. The van der Waals surface area contributed by atoms with Crippen molar-refractivity contribution in [3.63, 3.8) is 0 Å². The van der Waals surface area contributed by atoms with E-state index in [-0.39, 0.29) is 5.92 Å². The molecule has 0 saturated heterocycles. The highest BCUT2D eigenvalue weighted by molar-refractivity contribution is 5.65. The van der Waals surface area contributed by atoms with Crippen LogP contribution >= 0.6 is 0 Å². The highest BCUT2D eigenvalue weighted by Crippen LogP contribution is 2.34. The third kappa shape index (κ3) is 4.13. The summed E-state index contributed by atoms with van der Waals surface area (Å²) in [6, 6.07) is 7.31. The van der Waals surface area contributed by atoms with Crippen LogP contribution in [0.2, 0.25) is 0 Å². The number of aromatic nitrogens is 6. The van der Waals surface area contributed by atoms with Crippen molar-refractivity contribution < 1.29 is 13.5 Å². The lowest BCUT2D eigenvalue weighted by Crippen LogP contribution is -2.19. The van der Waals surface area contributed by atoms with Gasteiger partial charge in [0.25, 0.3) is 0 Å². The highest BCUT2D eigenvalue weighted by atomic mass is 19.1. The third-order valence-electron chi connectivity index (χ3n) is 5.67. The summed E-state index contributed by atoms with van der Waals surface area (Å²) in [5.74, 6) is 0.371. The van der Waals surface area contributed by atoms with Gasteiger partial charge in [0.15, 0.2) is 5.82 Å². The van der Waals surface area contributed by atoms with Crippen LogP contribution in [-0.2, 0) is 6.54 Å². The van der Waals surface area contributed by atoms with E-state index in [4.69, 9.17) is 4.74 Å². The van der Waals surface area contributed by atoms with Gasteiger partial charge in [0.1, 0.15) is 23.1 Å². The van der Waals surface area contributed by atoms with Crippen LogP contribution in [0, 0.1) is 18.6 Å². The average Bonchev–Trinajstić information content (AvgIpc) is 3.44.